The maximum atomic E-state index is 12.4. The lowest BCUT2D eigenvalue weighted by Gasteiger charge is -2.19. The zero-order chi connectivity index (χ0) is 14.9. The van der Waals surface area contributed by atoms with Gasteiger partial charge in [-0.05, 0) is 25.0 Å². The SMILES string of the molecule is O=C(O)CN(C(=O)c1ccc(C(F)(F)F)cn1)C1CC1. The van der Waals surface area contributed by atoms with Gasteiger partial charge in [-0.15, -0.1) is 0 Å². The Morgan fingerprint density at radius 3 is 2.40 bits per heavy atom. The second kappa shape index (κ2) is 5.10. The van der Waals surface area contributed by atoms with Crippen molar-refractivity contribution in [3.63, 3.8) is 0 Å². The highest BCUT2D eigenvalue weighted by Crippen LogP contribution is 2.30. The minimum absolute atomic E-state index is 0.164. The van der Waals surface area contributed by atoms with Crippen molar-refractivity contribution in [1.82, 2.24) is 9.88 Å². The van der Waals surface area contributed by atoms with Gasteiger partial charge in [-0.25, -0.2) is 0 Å². The van der Waals surface area contributed by atoms with Crippen LogP contribution in [-0.4, -0.2) is 39.5 Å². The van der Waals surface area contributed by atoms with Crippen molar-refractivity contribution in [2.24, 2.45) is 0 Å². The van der Waals surface area contributed by atoms with E-state index in [4.69, 9.17) is 5.11 Å². The summed E-state index contributed by atoms with van der Waals surface area (Å²) < 4.78 is 37.1. The Bertz CT molecular complexity index is 524. The lowest BCUT2D eigenvalue weighted by molar-refractivity contribution is -0.138. The van der Waals surface area contributed by atoms with Gasteiger partial charge in [-0.2, -0.15) is 13.2 Å². The Kier molecular flexibility index (Phi) is 3.65. The first-order valence-corrected chi connectivity index (χ1v) is 5.85. The van der Waals surface area contributed by atoms with Crippen LogP contribution in [0.2, 0.25) is 0 Å². The number of halogens is 3. The van der Waals surface area contributed by atoms with Gasteiger partial charge in [0.05, 0.1) is 5.56 Å². The average molecular weight is 288 g/mol. The summed E-state index contributed by atoms with van der Waals surface area (Å²) in [6.07, 6.45) is -2.57. The minimum Gasteiger partial charge on any atom is -0.480 e. The van der Waals surface area contributed by atoms with Crippen LogP contribution < -0.4 is 0 Å². The van der Waals surface area contributed by atoms with E-state index >= 15 is 0 Å². The van der Waals surface area contributed by atoms with Crippen molar-refractivity contribution in [2.75, 3.05) is 6.54 Å². The van der Waals surface area contributed by atoms with Crippen LogP contribution in [0.25, 0.3) is 0 Å². The van der Waals surface area contributed by atoms with E-state index in [9.17, 15) is 22.8 Å². The van der Waals surface area contributed by atoms with E-state index < -0.39 is 30.2 Å². The topological polar surface area (TPSA) is 70.5 Å². The molecule has 8 heteroatoms. The van der Waals surface area contributed by atoms with E-state index in [1.165, 1.54) is 0 Å². The highest BCUT2D eigenvalue weighted by atomic mass is 19.4. The van der Waals surface area contributed by atoms with Crippen LogP contribution in [0.5, 0.6) is 0 Å². The molecular formula is C12H11F3N2O3. The van der Waals surface area contributed by atoms with Gasteiger partial charge in [0.15, 0.2) is 0 Å². The van der Waals surface area contributed by atoms with E-state index in [2.05, 4.69) is 4.98 Å². The first kappa shape index (κ1) is 14.3. The normalized spacial score (nSPS) is 14.9. The van der Waals surface area contributed by atoms with Gasteiger partial charge in [0, 0.05) is 12.2 Å². The van der Waals surface area contributed by atoms with E-state index in [1.807, 2.05) is 0 Å². The summed E-state index contributed by atoms with van der Waals surface area (Å²) in [5, 5.41) is 8.74. The molecule has 0 saturated heterocycles. The number of carboxylic acid groups (broad SMARTS) is 1. The molecule has 108 valence electrons. The van der Waals surface area contributed by atoms with Gasteiger partial charge in [0.1, 0.15) is 12.2 Å². The molecule has 5 nitrogen and oxygen atoms in total. The third kappa shape index (κ3) is 3.25. The third-order valence-corrected chi connectivity index (χ3v) is 2.86. The van der Waals surface area contributed by atoms with Crippen molar-refractivity contribution < 1.29 is 27.9 Å². The van der Waals surface area contributed by atoms with Gasteiger partial charge in [0.2, 0.25) is 0 Å². The Hall–Kier alpha value is -2.12. The quantitative estimate of drug-likeness (QED) is 0.917. The van der Waals surface area contributed by atoms with E-state index in [0.29, 0.717) is 19.0 Å². The van der Waals surface area contributed by atoms with E-state index in [1.54, 1.807) is 0 Å². The molecule has 1 N–H and O–H groups in total. The molecule has 0 aromatic carbocycles. The van der Waals surface area contributed by atoms with Gasteiger partial charge in [-0.3, -0.25) is 14.6 Å². The molecule has 1 heterocycles. The van der Waals surface area contributed by atoms with Gasteiger partial charge in [-0.1, -0.05) is 0 Å². The Balaban J connectivity index is 2.17. The lowest BCUT2D eigenvalue weighted by Crippen LogP contribution is -2.37. The van der Waals surface area contributed by atoms with Gasteiger partial charge >= 0.3 is 12.1 Å². The molecule has 0 bridgehead atoms. The van der Waals surface area contributed by atoms with Crippen LogP contribution >= 0.6 is 0 Å². The van der Waals surface area contributed by atoms with Crippen molar-refractivity contribution in [2.45, 2.75) is 25.1 Å². The zero-order valence-corrected chi connectivity index (χ0v) is 10.2. The standard InChI is InChI=1S/C12H11F3N2O3/c13-12(14,15)7-1-4-9(16-5-7)11(20)17(6-10(18)19)8-2-3-8/h1,4-5,8H,2-3,6H2,(H,18,19). The number of aliphatic carboxylic acids is 1. The molecule has 1 aromatic rings. The second-order valence-corrected chi connectivity index (χ2v) is 4.49. The molecule has 1 fully saturated rings. The number of hydrogen-bond acceptors (Lipinski definition) is 3. The fraction of sp³-hybridized carbons (Fsp3) is 0.417. The maximum absolute atomic E-state index is 12.4. The fourth-order valence-electron chi connectivity index (χ4n) is 1.73. The number of nitrogens with zero attached hydrogens (tertiary/aromatic N) is 2. The number of aromatic nitrogens is 1. The summed E-state index contributed by atoms with van der Waals surface area (Å²) in [5.74, 6) is -1.83. The first-order valence-electron chi connectivity index (χ1n) is 5.85. The van der Waals surface area contributed by atoms with Crippen LogP contribution in [0.4, 0.5) is 13.2 Å². The van der Waals surface area contributed by atoms with Crippen molar-refractivity contribution in [3.8, 4) is 0 Å². The Labute approximate surface area is 112 Å². The van der Waals surface area contributed by atoms with Gasteiger partial charge in [0.25, 0.3) is 5.91 Å². The first-order chi connectivity index (χ1) is 9.29. The number of alkyl halides is 3. The molecule has 20 heavy (non-hydrogen) atoms. The van der Waals surface area contributed by atoms with Crippen molar-refractivity contribution >= 4 is 11.9 Å². The Morgan fingerprint density at radius 1 is 1.35 bits per heavy atom. The van der Waals surface area contributed by atoms with Crippen LogP contribution in [-0.2, 0) is 11.0 Å². The summed E-state index contributed by atoms with van der Waals surface area (Å²) in [6, 6.07) is 1.55. The molecule has 0 aliphatic heterocycles. The lowest BCUT2D eigenvalue weighted by atomic mass is 10.2. The molecule has 1 amide bonds. The van der Waals surface area contributed by atoms with Crippen molar-refractivity contribution in [1.29, 1.82) is 0 Å². The van der Waals surface area contributed by atoms with Crippen LogP contribution in [0.15, 0.2) is 18.3 Å². The number of carbonyl (C=O) groups excluding carboxylic acids is 1. The molecule has 1 aromatic heterocycles. The monoisotopic (exact) mass is 288 g/mol. The number of amides is 1. The molecule has 0 radical (unpaired) electrons. The fourth-order valence-corrected chi connectivity index (χ4v) is 1.73. The van der Waals surface area contributed by atoms with Gasteiger partial charge < -0.3 is 10.0 Å². The number of pyridine rings is 1. The molecule has 0 unspecified atom stereocenters. The van der Waals surface area contributed by atoms with Crippen molar-refractivity contribution in [3.05, 3.63) is 29.6 Å². The summed E-state index contributed by atoms with van der Waals surface area (Å²) in [5.41, 5.74) is -1.14. The highest BCUT2D eigenvalue weighted by molar-refractivity contribution is 5.94. The predicted molar refractivity (Wildman–Crippen MR) is 60.9 cm³/mol. The predicted octanol–water partition coefficient (Wildman–Crippen LogP) is 1.79. The highest BCUT2D eigenvalue weighted by Gasteiger charge is 2.35. The number of carbonyl (C=O) groups is 2. The Morgan fingerprint density at radius 2 is 2.00 bits per heavy atom. The largest absolute Gasteiger partial charge is 0.480 e. The summed E-state index contributed by atoms with van der Waals surface area (Å²) in [4.78, 5) is 27.3. The van der Waals surface area contributed by atoms with Crippen LogP contribution in [0, 0.1) is 0 Å². The minimum atomic E-state index is -4.52. The van der Waals surface area contributed by atoms with E-state index in [0.717, 1.165) is 17.0 Å². The molecule has 1 saturated carbocycles. The molecule has 2 rings (SSSR count). The maximum Gasteiger partial charge on any atom is 0.417 e. The summed E-state index contributed by atoms with van der Waals surface area (Å²) in [6.45, 7) is -0.480. The average Bonchev–Trinajstić information content (AvgIpc) is 3.18. The number of hydrogen-bond donors (Lipinski definition) is 1. The van der Waals surface area contributed by atoms with Crippen LogP contribution in [0.3, 0.4) is 0 Å². The molecule has 1 aliphatic rings. The summed E-state index contributed by atoms with van der Waals surface area (Å²) in [7, 11) is 0. The smallest absolute Gasteiger partial charge is 0.417 e. The molecule has 0 atom stereocenters. The number of carboxylic acids is 1. The molecule has 0 spiro atoms. The zero-order valence-electron chi connectivity index (χ0n) is 10.2. The second-order valence-electron chi connectivity index (χ2n) is 4.49. The third-order valence-electron chi connectivity index (χ3n) is 2.86. The number of rotatable bonds is 4. The van der Waals surface area contributed by atoms with E-state index in [-0.39, 0.29) is 11.7 Å². The van der Waals surface area contributed by atoms with Crippen LogP contribution in [0.1, 0.15) is 28.9 Å². The summed E-state index contributed by atoms with van der Waals surface area (Å²) >= 11 is 0. The molecular weight excluding hydrogens is 277 g/mol. The molecule has 1 aliphatic carbocycles.